The number of fused-ring (bicyclic) bond motifs is 1. The molecule has 3 rings (SSSR count). The number of nitrogens with zero attached hydrogens (tertiary/aromatic N) is 1. The molecule has 1 amide bonds. The zero-order valence-corrected chi connectivity index (χ0v) is 11.8. The first-order valence-electron chi connectivity index (χ1n) is 6.68. The second-order valence-corrected chi connectivity index (χ2v) is 4.65. The first-order chi connectivity index (χ1) is 10.7. The number of hydrogen-bond donors (Lipinski definition) is 1. The van der Waals surface area contributed by atoms with Gasteiger partial charge in [-0.15, -0.1) is 0 Å². The summed E-state index contributed by atoms with van der Waals surface area (Å²) in [5.41, 5.74) is 1.12. The van der Waals surface area contributed by atoms with E-state index >= 15 is 0 Å². The molecule has 0 aliphatic heterocycles. The fraction of sp³-hybridized carbons (Fsp3) is 0.0588. The van der Waals surface area contributed by atoms with E-state index in [4.69, 9.17) is 4.74 Å². The Kier molecular flexibility index (Phi) is 3.70. The average Bonchev–Trinajstić information content (AvgIpc) is 2.55. The van der Waals surface area contributed by atoms with Gasteiger partial charge in [-0.3, -0.25) is 9.78 Å². The van der Waals surface area contributed by atoms with Crippen LogP contribution in [0.3, 0.4) is 0 Å². The molecule has 5 heteroatoms. The number of ether oxygens (including phenoxy) is 1. The van der Waals surface area contributed by atoms with E-state index in [1.807, 2.05) is 12.1 Å². The Balaban J connectivity index is 2.08. The summed E-state index contributed by atoms with van der Waals surface area (Å²) in [6.45, 7) is 0. The quantitative estimate of drug-likeness (QED) is 0.803. The molecule has 22 heavy (non-hydrogen) atoms. The molecule has 1 N–H and O–H groups in total. The molecule has 110 valence electrons. The van der Waals surface area contributed by atoms with Gasteiger partial charge in [0, 0.05) is 5.39 Å². The van der Waals surface area contributed by atoms with Crippen molar-refractivity contribution < 1.29 is 13.9 Å². The lowest BCUT2D eigenvalue weighted by Crippen LogP contribution is -2.15. The summed E-state index contributed by atoms with van der Waals surface area (Å²) in [7, 11) is 1.46. The molecule has 1 aromatic heterocycles. The monoisotopic (exact) mass is 296 g/mol. The van der Waals surface area contributed by atoms with E-state index in [9.17, 15) is 9.18 Å². The van der Waals surface area contributed by atoms with Crippen LogP contribution in [0.4, 0.5) is 10.1 Å². The predicted octanol–water partition coefficient (Wildman–Crippen LogP) is 3.63. The molecule has 3 aromatic rings. The van der Waals surface area contributed by atoms with Crippen LogP contribution in [-0.4, -0.2) is 18.0 Å². The van der Waals surface area contributed by atoms with Crippen LogP contribution < -0.4 is 10.1 Å². The summed E-state index contributed by atoms with van der Waals surface area (Å²) in [5, 5.41) is 3.22. The minimum absolute atomic E-state index is 0.121. The van der Waals surface area contributed by atoms with Gasteiger partial charge in [-0.1, -0.05) is 30.3 Å². The molecule has 0 fully saturated rings. The number of pyridine rings is 1. The number of hydrogen-bond acceptors (Lipinski definition) is 3. The maximum Gasteiger partial charge on any atom is 0.260 e. The maximum atomic E-state index is 13.7. The van der Waals surface area contributed by atoms with Gasteiger partial charge in [-0.2, -0.15) is 0 Å². The first-order valence-corrected chi connectivity index (χ1v) is 6.68. The number of rotatable bonds is 3. The van der Waals surface area contributed by atoms with Gasteiger partial charge in [-0.05, 0) is 18.2 Å². The third kappa shape index (κ3) is 2.48. The minimum Gasteiger partial charge on any atom is -0.494 e. The summed E-state index contributed by atoms with van der Waals surface area (Å²) < 4.78 is 18.9. The fourth-order valence-electron chi connectivity index (χ4n) is 2.26. The van der Waals surface area contributed by atoms with E-state index in [1.54, 1.807) is 24.3 Å². The molecular formula is C17H13FN2O2. The Morgan fingerprint density at radius 1 is 1.14 bits per heavy atom. The second kappa shape index (κ2) is 5.81. The molecular weight excluding hydrogens is 283 g/mol. The third-order valence-corrected chi connectivity index (χ3v) is 3.31. The van der Waals surface area contributed by atoms with Crippen LogP contribution in [0.2, 0.25) is 0 Å². The van der Waals surface area contributed by atoms with Crippen molar-refractivity contribution in [2.24, 2.45) is 0 Å². The van der Waals surface area contributed by atoms with Crippen molar-refractivity contribution in [3.8, 4) is 5.75 Å². The fourth-order valence-corrected chi connectivity index (χ4v) is 2.26. The first kappa shape index (κ1) is 14.0. The third-order valence-electron chi connectivity index (χ3n) is 3.31. The van der Waals surface area contributed by atoms with Crippen LogP contribution in [0, 0.1) is 5.82 Å². The number of aromatic nitrogens is 1. The van der Waals surface area contributed by atoms with Crippen molar-refractivity contribution in [1.82, 2.24) is 4.98 Å². The highest BCUT2D eigenvalue weighted by Gasteiger charge is 2.18. The molecule has 0 saturated heterocycles. The number of benzene rings is 2. The van der Waals surface area contributed by atoms with Gasteiger partial charge in [-0.25, -0.2) is 4.39 Å². The Morgan fingerprint density at radius 3 is 2.64 bits per heavy atom. The van der Waals surface area contributed by atoms with Crippen LogP contribution in [0.1, 0.15) is 10.4 Å². The van der Waals surface area contributed by atoms with Gasteiger partial charge in [0.15, 0.2) is 5.75 Å². The highest BCUT2D eigenvalue weighted by atomic mass is 19.1. The number of methoxy groups -OCH3 is 1. The normalized spacial score (nSPS) is 10.5. The Morgan fingerprint density at radius 2 is 1.86 bits per heavy atom. The zero-order chi connectivity index (χ0) is 15.5. The van der Waals surface area contributed by atoms with E-state index in [-0.39, 0.29) is 5.69 Å². The standard InChI is InChI=1S/C17H13FN2O2/c1-22-15-10-19-13-8-4-2-6-11(13)16(15)17(21)20-14-9-5-3-7-12(14)18/h2-10H,1H3,(H,20,21). The summed E-state index contributed by atoms with van der Waals surface area (Å²) in [6.07, 6.45) is 1.48. The highest BCUT2D eigenvalue weighted by molar-refractivity contribution is 6.14. The maximum absolute atomic E-state index is 13.7. The Bertz CT molecular complexity index is 849. The molecule has 0 atom stereocenters. The lowest BCUT2D eigenvalue weighted by molar-refractivity contribution is 0.102. The van der Waals surface area contributed by atoms with Crippen LogP contribution in [0.15, 0.2) is 54.7 Å². The van der Waals surface area contributed by atoms with Crippen molar-refractivity contribution in [2.45, 2.75) is 0 Å². The average molecular weight is 296 g/mol. The van der Waals surface area contributed by atoms with Crippen LogP contribution in [-0.2, 0) is 0 Å². The van der Waals surface area contributed by atoms with Crippen LogP contribution in [0.5, 0.6) is 5.75 Å². The van der Waals surface area contributed by atoms with Gasteiger partial charge in [0.2, 0.25) is 0 Å². The van der Waals surface area contributed by atoms with Gasteiger partial charge < -0.3 is 10.1 Å². The molecule has 4 nitrogen and oxygen atoms in total. The molecule has 1 heterocycles. The lowest BCUT2D eigenvalue weighted by atomic mass is 10.1. The number of carbonyl (C=O) groups is 1. The number of carbonyl (C=O) groups excluding carboxylic acids is 1. The number of amides is 1. The van der Waals surface area contributed by atoms with Crippen molar-refractivity contribution in [1.29, 1.82) is 0 Å². The van der Waals surface area contributed by atoms with E-state index in [0.717, 1.165) is 0 Å². The summed E-state index contributed by atoms with van der Waals surface area (Å²) in [4.78, 5) is 16.8. The molecule has 0 spiro atoms. The number of anilines is 1. The molecule has 2 aromatic carbocycles. The van der Waals surface area contributed by atoms with Gasteiger partial charge in [0.05, 0.1) is 30.1 Å². The molecule has 0 radical (unpaired) electrons. The Labute approximate surface area is 126 Å². The number of halogens is 1. The second-order valence-electron chi connectivity index (χ2n) is 4.65. The molecule has 0 aliphatic carbocycles. The summed E-state index contributed by atoms with van der Waals surface area (Å²) >= 11 is 0. The van der Waals surface area contributed by atoms with Crippen molar-refractivity contribution in [3.63, 3.8) is 0 Å². The van der Waals surface area contributed by atoms with Crippen molar-refractivity contribution in [3.05, 3.63) is 66.1 Å². The van der Waals surface area contributed by atoms with Gasteiger partial charge >= 0.3 is 0 Å². The molecule has 0 bridgehead atoms. The largest absolute Gasteiger partial charge is 0.494 e. The van der Waals surface area contributed by atoms with Gasteiger partial charge in [0.25, 0.3) is 5.91 Å². The van der Waals surface area contributed by atoms with E-state index in [1.165, 1.54) is 25.4 Å². The topological polar surface area (TPSA) is 51.2 Å². The van der Waals surface area contributed by atoms with Crippen molar-refractivity contribution in [2.75, 3.05) is 12.4 Å². The lowest BCUT2D eigenvalue weighted by Gasteiger charge is -2.12. The zero-order valence-electron chi connectivity index (χ0n) is 11.8. The minimum atomic E-state index is -0.492. The molecule has 0 aliphatic rings. The van der Waals surface area contributed by atoms with E-state index < -0.39 is 11.7 Å². The van der Waals surface area contributed by atoms with Gasteiger partial charge in [0.1, 0.15) is 5.82 Å². The molecule has 0 unspecified atom stereocenters. The highest BCUT2D eigenvalue weighted by Crippen LogP contribution is 2.27. The van der Waals surface area contributed by atoms with E-state index in [0.29, 0.717) is 22.2 Å². The summed E-state index contributed by atoms with van der Waals surface area (Å²) in [6, 6.07) is 13.2. The van der Waals surface area contributed by atoms with Crippen LogP contribution >= 0.6 is 0 Å². The predicted molar refractivity (Wildman–Crippen MR) is 82.6 cm³/mol. The van der Waals surface area contributed by atoms with Crippen molar-refractivity contribution >= 4 is 22.5 Å². The van der Waals surface area contributed by atoms with Crippen LogP contribution in [0.25, 0.3) is 10.9 Å². The number of para-hydroxylation sites is 2. The SMILES string of the molecule is COc1cnc2ccccc2c1C(=O)Nc1ccccc1F. The molecule has 0 saturated carbocycles. The smallest absolute Gasteiger partial charge is 0.260 e. The summed E-state index contributed by atoms with van der Waals surface area (Å²) in [5.74, 6) is -0.596. The number of nitrogens with one attached hydrogen (secondary N) is 1. The Hall–Kier alpha value is -2.95. The van der Waals surface area contributed by atoms with E-state index in [2.05, 4.69) is 10.3 Å².